The highest BCUT2D eigenvalue weighted by Crippen LogP contribution is 2.27. The number of carboxylic acids is 1. The third kappa shape index (κ3) is 4.03. The molecule has 0 aliphatic heterocycles. The number of rotatable bonds is 4. The molecule has 1 fully saturated rings. The molecule has 0 amide bonds. The molecule has 17 heavy (non-hydrogen) atoms. The van der Waals surface area contributed by atoms with Crippen LogP contribution in [0, 0.1) is 0 Å². The molecule has 1 atom stereocenters. The average molecular weight is 297 g/mol. The van der Waals surface area contributed by atoms with Gasteiger partial charge in [0.1, 0.15) is 6.04 Å². The first-order valence-electron chi connectivity index (χ1n) is 5.01. The number of halogens is 3. The summed E-state index contributed by atoms with van der Waals surface area (Å²) in [5.41, 5.74) is 0.594. The lowest BCUT2D eigenvalue weighted by Gasteiger charge is -2.14. The van der Waals surface area contributed by atoms with E-state index in [1.807, 2.05) is 0 Å². The van der Waals surface area contributed by atoms with E-state index >= 15 is 0 Å². The quantitative estimate of drug-likeness (QED) is 0.896. The van der Waals surface area contributed by atoms with E-state index in [9.17, 15) is 4.79 Å². The van der Waals surface area contributed by atoms with Gasteiger partial charge in [0.15, 0.2) is 0 Å². The highest BCUT2D eigenvalue weighted by atomic mass is 35.5. The molecular weight excluding hydrogens is 284 g/mol. The third-order valence-electron chi connectivity index (χ3n) is 2.44. The second-order valence-electron chi connectivity index (χ2n) is 3.91. The Labute approximate surface area is 116 Å². The maximum atomic E-state index is 11.1. The first kappa shape index (κ1) is 14.6. The normalized spacial score (nSPS) is 16.1. The molecule has 1 aliphatic carbocycles. The molecular formula is C11H12Cl3NO2. The first-order valence-corrected chi connectivity index (χ1v) is 5.76. The predicted molar refractivity (Wildman–Crippen MR) is 70.2 cm³/mol. The fourth-order valence-corrected chi connectivity index (χ4v) is 2.08. The Kier molecular flexibility index (Phi) is 5.07. The van der Waals surface area contributed by atoms with Crippen molar-refractivity contribution in [2.45, 2.75) is 24.9 Å². The van der Waals surface area contributed by atoms with Crippen LogP contribution in [0.5, 0.6) is 0 Å². The molecule has 0 saturated heterocycles. The fraction of sp³-hybridized carbons (Fsp3) is 0.364. The predicted octanol–water partition coefficient (Wildman–Crippen LogP) is 3.29. The zero-order valence-electron chi connectivity index (χ0n) is 8.82. The average Bonchev–Trinajstić information content (AvgIpc) is 2.95. The van der Waals surface area contributed by atoms with E-state index in [4.69, 9.17) is 28.3 Å². The van der Waals surface area contributed by atoms with Crippen molar-refractivity contribution in [3.63, 3.8) is 0 Å². The van der Waals surface area contributed by atoms with E-state index in [0.717, 1.165) is 12.8 Å². The van der Waals surface area contributed by atoms with Crippen LogP contribution in [-0.2, 0) is 4.79 Å². The number of nitrogens with one attached hydrogen (secondary N) is 1. The van der Waals surface area contributed by atoms with Crippen LogP contribution in [-0.4, -0.2) is 17.1 Å². The van der Waals surface area contributed by atoms with Crippen molar-refractivity contribution in [2.75, 3.05) is 0 Å². The minimum absolute atomic E-state index is 0. The van der Waals surface area contributed by atoms with Crippen LogP contribution in [0.3, 0.4) is 0 Å². The standard InChI is InChI=1S/C11H11Cl2NO2.ClH/c12-7-3-6(4-8(13)5-7)10(11(15)16)14-9-1-2-9;/h3-5,9-10,14H,1-2H2,(H,15,16);1H. The molecule has 0 heterocycles. The number of hydrogen-bond donors (Lipinski definition) is 2. The second-order valence-corrected chi connectivity index (χ2v) is 4.79. The number of carboxylic acid groups (broad SMARTS) is 1. The monoisotopic (exact) mass is 295 g/mol. The van der Waals surface area contributed by atoms with Crippen LogP contribution >= 0.6 is 35.6 Å². The summed E-state index contributed by atoms with van der Waals surface area (Å²) in [5.74, 6) is -0.912. The van der Waals surface area contributed by atoms with Crippen LogP contribution in [0.25, 0.3) is 0 Å². The van der Waals surface area contributed by atoms with E-state index in [1.54, 1.807) is 18.2 Å². The van der Waals surface area contributed by atoms with Crippen molar-refractivity contribution in [2.24, 2.45) is 0 Å². The Morgan fingerprint density at radius 3 is 2.24 bits per heavy atom. The van der Waals surface area contributed by atoms with Crippen molar-refractivity contribution in [1.82, 2.24) is 5.32 Å². The molecule has 1 saturated carbocycles. The summed E-state index contributed by atoms with van der Waals surface area (Å²) < 4.78 is 0. The summed E-state index contributed by atoms with van der Waals surface area (Å²) in [4.78, 5) is 11.1. The summed E-state index contributed by atoms with van der Waals surface area (Å²) in [6.07, 6.45) is 2.05. The number of carbonyl (C=O) groups is 1. The van der Waals surface area contributed by atoms with Gasteiger partial charge in [-0.3, -0.25) is 10.1 Å². The minimum atomic E-state index is -0.912. The Morgan fingerprint density at radius 2 is 1.82 bits per heavy atom. The Bertz CT molecular complexity index is 401. The van der Waals surface area contributed by atoms with Gasteiger partial charge in [0.05, 0.1) is 0 Å². The molecule has 2 N–H and O–H groups in total. The summed E-state index contributed by atoms with van der Waals surface area (Å²) >= 11 is 11.7. The van der Waals surface area contributed by atoms with Gasteiger partial charge in [-0.2, -0.15) is 0 Å². The van der Waals surface area contributed by atoms with Gasteiger partial charge in [-0.15, -0.1) is 12.4 Å². The molecule has 0 spiro atoms. The van der Waals surface area contributed by atoms with E-state index in [-0.39, 0.29) is 12.4 Å². The summed E-state index contributed by atoms with van der Waals surface area (Å²) in [7, 11) is 0. The van der Waals surface area contributed by atoms with Gasteiger partial charge < -0.3 is 5.11 Å². The van der Waals surface area contributed by atoms with Crippen LogP contribution in [0.15, 0.2) is 18.2 Å². The highest BCUT2D eigenvalue weighted by Gasteiger charge is 2.29. The van der Waals surface area contributed by atoms with Crippen LogP contribution in [0.1, 0.15) is 24.4 Å². The van der Waals surface area contributed by atoms with Gasteiger partial charge in [0.2, 0.25) is 0 Å². The van der Waals surface area contributed by atoms with Gasteiger partial charge in [-0.1, -0.05) is 23.2 Å². The lowest BCUT2D eigenvalue weighted by Crippen LogP contribution is -2.30. The fourth-order valence-electron chi connectivity index (χ4n) is 1.54. The molecule has 1 aromatic rings. The van der Waals surface area contributed by atoms with Crippen molar-refractivity contribution in [3.8, 4) is 0 Å². The van der Waals surface area contributed by atoms with Gasteiger partial charge in [-0.25, -0.2) is 0 Å². The van der Waals surface area contributed by atoms with Gasteiger partial charge in [-0.05, 0) is 36.6 Å². The molecule has 6 heteroatoms. The SMILES string of the molecule is Cl.O=C(O)C(NC1CC1)c1cc(Cl)cc(Cl)c1. The zero-order valence-corrected chi connectivity index (χ0v) is 11.1. The number of benzene rings is 1. The van der Waals surface area contributed by atoms with Crippen molar-refractivity contribution in [1.29, 1.82) is 0 Å². The molecule has 1 aromatic carbocycles. The first-order chi connectivity index (χ1) is 7.56. The van der Waals surface area contributed by atoms with E-state index < -0.39 is 12.0 Å². The zero-order chi connectivity index (χ0) is 11.7. The van der Waals surface area contributed by atoms with E-state index in [0.29, 0.717) is 21.7 Å². The number of aliphatic carboxylic acids is 1. The second kappa shape index (κ2) is 5.91. The van der Waals surface area contributed by atoms with E-state index in [2.05, 4.69) is 5.32 Å². The Balaban J connectivity index is 0.00000144. The summed E-state index contributed by atoms with van der Waals surface area (Å²) in [6, 6.07) is 4.41. The molecule has 0 bridgehead atoms. The minimum Gasteiger partial charge on any atom is -0.480 e. The van der Waals surface area contributed by atoms with Gasteiger partial charge in [0, 0.05) is 16.1 Å². The molecule has 2 rings (SSSR count). The Hall–Kier alpha value is -0.480. The number of hydrogen-bond acceptors (Lipinski definition) is 2. The third-order valence-corrected chi connectivity index (χ3v) is 2.88. The smallest absolute Gasteiger partial charge is 0.325 e. The molecule has 0 radical (unpaired) electrons. The lowest BCUT2D eigenvalue weighted by molar-refractivity contribution is -0.139. The van der Waals surface area contributed by atoms with Crippen LogP contribution < -0.4 is 5.32 Å². The summed E-state index contributed by atoms with van der Waals surface area (Å²) in [5, 5.41) is 13.1. The summed E-state index contributed by atoms with van der Waals surface area (Å²) in [6.45, 7) is 0. The molecule has 1 unspecified atom stereocenters. The van der Waals surface area contributed by atoms with Crippen LogP contribution in [0.4, 0.5) is 0 Å². The van der Waals surface area contributed by atoms with Crippen molar-refractivity contribution >= 4 is 41.6 Å². The largest absolute Gasteiger partial charge is 0.480 e. The highest BCUT2D eigenvalue weighted by molar-refractivity contribution is 6.34. The van der Waals surface area contributed by atoms with Crippen molar-refractivity contribution in [3.05, 3.63) is 33.8 Å². The van der Waals surface area contributed by atoms with Gasteiger partial charge >= 0.3 is 5.97 Å². The van der Waals surface area contributed by atoms with E-state index in [1.165, 1.54) is 0 Å². The lowest BCUT2D eigenvalue weighted by atomic mass is 10.1. The molecule has 1 aliphatic rings. The maximum Gasteiger partial charge on any atom is 0.325 e. The van der Waals surface area contributed by atoms with Crippen LogP contribution in [0.2, 0.25) is 10.0 Å². The maximum absolute atomic E-state index is 11.1. The molecule has 0 aromatic heterocycles. The molecule has 3 nitrogen and oxygen atoms in total. The van der Waals surface area contributed by atoms with Gasteiger partial charge in [0.25, 0.3) is 0 Å². The van der Waals surface area contributed by atoms with Crippen molar-refractivity contribution < 1.29 is 9.90 Å². The topological polar surface area (TPSA) is 49.3 Å². The Morgan fingerprint density at radius 1 is 1.29 bits per heavy atom. The molecule has 94 valence electrons.